The Balaban J connectivity index is 2.70. The molecule has 4 heteroatoms. The van der Waals surface area contributed by atoms with Crippen LogP contribution < -0.4 is 5.32 Å². The molecule has 0 unspecified atom stereocenters. The number of halogens is 1. The average Bonchev–Trinajstić information content (AvgIpc) is 2.27. The van der Waals surface area contributed by atoms with E-state index in [2.05, 4.69) is 11.2 Å². The van der Waals surface area contributed by atoms with E-state index in [-0.39, 0.29) is 0 Å². The number of aryl methyl sites for hydroxylation is 1. The van der Waals surface area contributed by atoms with Gasteiger partial charge in [0.1, 0.15) is 5.60 Å². The quantitative estimate of drug-likeness (QED) is 0.840. The monoisotopic (exact) mass is 279 g/mol. The summed E-state index contributed by atoms with van der Waals surface area (Å²) in [7, 11) is 0. The van der Waals surface area contributed by atoms with E-state index in [1.807, 2.05) is 6.07 Å². The van der Waals surface area contributed by atoms with Gasteiger partial charge in [-0.1, -0.05) is 17.7 Å². The predicted molar refractivity (Wildman–Crippen MR) is 78.5 cm³/mol. The first kappa shape index (κ1) is 15.4. The van der Waals surface area contributed by atoms with Crippen LogP contribution in [0.25, 0.3) is 0 Å². The minimum atomic E-state index is -0.538. The first-order valence-electron chi connectivity index (χ1n) is 6.04. The summed E-state index contributed by atoms with van der Waals surface area (Å²) in [6.07, 6.45) is 6.12. The van der Waals surface area contributed by atoms with Gasteiger partial charge in [0.05, 0.1) is 10.7 Å². The lowest BCUT2D eigenvalue weighted by atomic mass is 10.1. The van der Waals surface area contributed by atoms with Crippen LogP contribution in [-0.4, -0.2) is 11.7 Å². The van der Waals surface area contributed by atoms with Gasteiger partial charge in [-0.15, -0.1) is 12.3 Å². The zero-order valence-electron chi connectivity index (χ0n) is 11.4. The number of nitrogens with one attached hydrogen (secondary N) is 1. The first-order chi connectivity index (χ1) is 8.81. The molecule has 0 aliphatic carbocycles. The van der Waals surface area contributed by atoms with Crippen molar-refractivity contribution >= 4 is 23.4 Å². The second kappa shape index (κ2) is 6.49. The van der Waals surface area contributed by atoms with Crippen LogP contribution >= 0.6 is 11.6 Å². The van der Waals surface area contributed by atoms with Crippen LogP contribution in [0.1, 0.15) is 32.8 Å². The van der Waals surface area contributed by atoms with Crippen molar-refractivity contribution < 1.29 is 9.53 Å². The molecule has 0 heterocycles. The van der Waals surface area contributed by atoms with Crippen LogP contribution in [0, 0.1) is 12.3 Å². The zero-order valence-corrected chi connectivity index (χ0v) is 12.2. The lowest BCUT2D eigenvalue weighted by molar-refractivity contribution is 0.0636. The molecule has 0 saturated heterocycles. The highest BCUT2D eigenvalue weighted by molar-refractivity contribution is 6.33. The molecule has 1 rings (SSSR count). The van der Waals surface area contributed by atoms with E-state index in [9.17, 15) is 4.79 Å². The Morgan fingerprint density at radius 2 is 2.16 bits per heavy atom. The molecule has 0 spiro atoms. The average molecular weight is 280 g/mol. The molecule has 3 nitrogen and oxygen atoms in total. The molecule has 102 valence electrons. The van der Waals surface area contributed by atoms with Crippen LogP contribution in [0.15, 0.2) is 18.2 Å². The Morgan fingerprint density at radius 1 is 1.47 bits per heavy atom. The summed E-state index contributed by atoms with van der Waals surface area (Å²) >= 11 is 6.10. The number of amides is 1. The fraction of sp³-hybridized carbons (Fsp3) is 0.400. The molecule has 1 amide bonds. The molecule has 0 aliphatic heterocycles. The number of carbonyl (C=O) groups is 1. The van der Waals surface area contributed by atoms with Gasteiger partial charge in [0.25, 0.3) is 0 Å². The van der Waals surface area contributed by atoms with Gasteiger partial charge in [-0.2, -0.15) is 0 Å². The molecule has 0 saturated carbocycles. The summed E-state index contributed by atoms with van der Waals surface area (Å²) in [4.78, 5) is 11.6. The maximum Gasteiger partial charge on any atom is 0.412 e. The van der Waals surface area contributed by atoms with Crippen LogP contribution in [-0.2, 0) is 11.2 Å². The lowest BCUT2D eigenvalue weighted by Crippen LogP contribution is -2.27. The van der Waals surface area contributed by atoms with E-state index in [1.54, 1.807) is 32.9 Å². The SMILES string of the molecule is C#CCCc1ccc(NC(=O)OC(C)(C)C)c(Cl)c1. The van der Waals surface area contributed by atoms with E-state index >= 15 is 0 Å². The number of ether oxygens (including phenoxy) is 1. The molecule has 0 aromatic heterocycles. The maximum absolute atomic E-state index is 11.6. The molecule has 0 radical (unpaired) electrons. The molecular formula is C15H18ClNO2. The number of carbonyl (C=O) groups excluding carboxylic acids is 1. The Labute approximate surface area is 119 Å². The number of anilines is 1. The summed E-state index contributed by atoms with van der Waals surface area (Å²) in [5, 5.41) is 3.09. The standard InChI is InChI=1S/C15H18ClNO2/c1-5-6-7-11-8-9-13(12(16)10-11)17-14(18)19-15(2,3)4/h1,8-10H,6-7H2,2-4H3,(H,17,18). The largest absolute Gasteiger partial charge is 0.444 e. The number of rotatable bonds is 3. The van der Waals surface area contributed by atoms with Gasteiger partial charge in [0.2, 0.25) is 0 Å². The van der Waals surface area contributed by atoms with E-state index in [1.165, 1.54) is 0 Å². The first-order valence-corrected chi connectivity index (χ1v) is 6.41. The number of hydrogen-bond donors (Lipinski definition) is 1. The summed E-state index contributed by atoms with van der Waals surface area (Å²) in [5.41, 5.74) is 1.03. The van der Waals surface area contributed by atoms with Gasteiger partial charge in [-0.25, -0.2) is 4.79 Å². The number of terminal acetylenes is 1. The van der Waals surface area contributed by atoms with Crippen molar-refractivity contribution in [3.63, 3.8) is 0 Å². The van der Waals surface area contributed by atoms with Crippen molar-refractivity contribution in [2.75, 3.05) is 5.32 Å². The van der Waals surface area contributed by atoms with Crippen molar-refractivity contribution in [3.8, 4) is 12.3 Å². The van der Waals surface area contributed by atoms with Crippen LogP contribution in [0.2, 0.25) is 5.02 Å². The van der Waals surface area contributed by atoms with E-state index < -0.39 is 11.7 Å². The molecule has 19 heavy (non-hydrogen) atoms. The molecular weight excluding hydrogens is 262 g/mol. The van der Waals surface area contributed by atoms with E-state index in [4.69, 9.17) is 22.8 Å². The highest BCUT2D eigenvalue weighted by atomic mass is 35.5. The van der Waals surface area contributed by atoms with Crippen LogP contribution in [0.4, 0.5) is 10.5 Å². The summed E-state index contributed by atoms with van der Waals surface area (Å²) < 4.78 is 5.16. The van der Waals surface area contributed by atoms with Crippen LogP contribution in [0.5, 0.6) is 0 Å². The number of benzene rings is 1. The fourth-order valence-corrected chi connectivity index (χ4v) is 1.70. The van der Waals surface area contributed by atoms with Crippen molar-refractivity contribution in [1.82, 2.24) is 0 Å². The van der Waals surface area contributed by atoms with Gasteiger partial charge in [0.15, 0.2) is 0 Å². The van der Waals surface area contributed by atoms with Crippen molar-refractivity contribution in [2.24, 2.45) is 0 Å². The van der Waals surface area contributed by atoms with Gasteiger partial charge in [0, 0.05) is 6.42 Å². The predicted octanol–water partition coefficient (Wildman–Crippen LogP) is 4.25. The summed E-state index contributed by atoms with van der Waals surface area (Å²) in [6.45, 7) is 5.41. The normalized spacial score (nSPS) is 10.7. The third-order valence-electron chi connectivity index (χ3n) is 2.23. The molecule has 0 bridgehead atoms. The number of hydrogen-bond acceptors (Lipinski definition) is 2. The highest BCUT2D eigenvalue weighted by Crippen LogP contribution is 2.24. The second-order valence-corrected chi connectivity index (χ2v) is 5.55. The minimum absolute atomic E-state index is 0.473. The lowest BCUT2D eigenvalue weighted by Gasteiger charge is -2.20. The summed E-state index contributed by atoms with van der Waals surface area (Å²) in [6, 6.07) is 5.43. The van der Waals surface area contributed by atoms with E-state index in [0.717, 1.165) is 12.0 Å². The molecule has 1 N–H and O–H groups in total. The van der Waals surface area contributed by atoms with Gasteiger partial charge in [-0.05, 0) is 44.9 Å². The smallest absolute Gasteiger partial charge is 0.412 e. The van der Waals surface area contributed by atoms with Crippen molar-refractivity contribution in [3.05, 3.63) is 28.8 Å². The van der Waals surface area contributed by atoms with Gasteiger partial charge < -0.3 is 4.74 Å². The topological polar surface area (TPSA) is 38.3 Å². The van der Waals surface area contributed by atoms with Crippen LogP contribution in [0.3, 0.4) is 0 Å². The Morgan fingerprint density at radius 3 is 2.68 bits per heavy atom. The molecule has 0 aliphatic rings. The van der Waals surface area contributed by atoms with Crippen molar-refractivity contribution in [2.45, 2.75) is 39.2 Å². The van der Waals surface area contributed by atoms with Gasteiger partial charge >= 0.3 is 6.09 Å². The Bertz CT molecular complexity index is 498. The summed E-state index contributed by atoms with van der Waals surface area (Å²) in [5.74, 6) is 2.58. The Hall–Kier alpha value is -1.66. The fourth-order valence-electron chi connectivity index (χ4n) is 1.45. The van der Waals surface area contributed by atoms with Gasteiger partial charge in [-0.3, -0.25) is 5.32 Å². The highest BCUT2D eigenvalue weighted by Gasteiger charge is 2.17. The Kier molecular flexibility index (Phi) is 5.26. The van der Waals surface area contributed by atoms with Crippen molar-refractivity contribution in [1.29, 1.82) is 0 Å². The maximum atomic E-state index is 11.6. The molecule has 0 fully saturated rings. The second-order valence-electron chi connectivity index (χ2n) is 5.15. The third-order valence-corrected chi connectivity index (χ3v) is 2.54. The zero-order chi connectivity index (χ0) is 14.5. The molecule has 0 atom stereocenters. The third kappa shape index (κ3) is 5.67. The minimum Gasteiger partial charge on any atom is -0.444 e. The van der Waals surface area contributed by atoms with E-state index in [0.29, 0.717) is 17.1 Å². The molecule has 1 aromatic rings. The molecule has 1 aromatic carbocycles.